The summed E-state index contributed by atoms with van der Waals surface area (Å²) in [5.41, 5.74) is 1.13. The number of hydrogen-bond acceptors (Lipinski definition) is 4. The van der Waals surface area contributed by atoms with Crippen molar-refractivity contribution >= 4 is 0 Å². The Bertz CT molecular complexity index is 454. The van der Waals surface area contributed by atoms with E-state index in [1.807, 2.05) is 25.2 Å². The third-order valence-corrected chi connectivity index (χ3v) is 2.68. The maximum Gasteiger partial charge on any atom is 0.174 e. The Morgan fingerprint density at radius 1 is 1.35 bits per heavy atom. The van der Waals surface area contributed by atoms with E-state index in [1.54, 1.807) is 12.3 Å². The highest BCUT2D eigenvalue weighted by Gasteiger charge is 2.09. The van der Waals surface area contributed by atoms with Gasteiger partial charge in [-0.05, 0) is 20.0 Å². The maximum atomic E-state index is 5.73. The highest BCUT2D eigenvalue weighted by molar-refractivity contribution is 5.35. The van der Waals surface area contributed by atoms with Crippen molar-refractivity contribution in [1.29, 1.82) is 0 Å². The maximum absolute atomic E-state index is 5.73. The van der Waals surface area contributed by atoms with E-state index in [-0.39, 0.29) is 6.04 Å². The lowest BCUT2D eigenvalue weighted by atomic mass is 10.1. The zero-order valence-corrected chi connectivity index (χ0v) is 10.0. The van der Waals surface area contributed by atoms with Gasteiger partial charge in [0.2, 0.25) is 0 Å². The SMILES string of the molecule is CNC(C)c1ccccc1OCc1ccno1. The molecule has 0 aliphatic carbocycles. The highest BCUT2D eigenvalue weighted by Crippen LogP contribution is 2.25. The van der Waals surface area contributed by atoms with Gasteiger partial charge >= 0.3 is 0 Å². The van der Waals surface area contributed by atoms with E-state index in [0.29, 0.717) is 6.61 Å². The van der Waals surface area contributed by atoms with Crippen LogP contribution in [0.25, 0.3) is 0 Å². The number of benzene rings is 1. The van der Waals surface area contributed by atoms with Gasteiger partial charge in [-0.1, -0.05) is 23.4 Å². The number of aromatic nitrogens is 1. The lowest BCUT2D eigenvalue weighted by Gasteiger charge is -2.15. The quantitative estimate of drug-likeness (QED) is 0.860. The summed E-state index contributed by atoms with van der Waals surface area (Å²) >= 11 is 0. The third-order valence-electron chi connectivity index (χ3n) is 2.68. The second-order valence-corrected chi connectivity index (χ2v) is 3.82. The van der Waals surface area contributed by atoms with Crippen molar-refractivity contribution in [3.8, 4) is 5.75 Å². The fraction of sp³-hybridized carbons (Fsp3) is 0.308. The van der Waals surface area contributed by atoms with Crippen LogP contribution < -0.4 is 10.1 Å². The van der Waals surface area contributed by atoms with Gasteiger partial charge in [0.25, 0.3) is 0 Å². The molecule has 0 saturated heterocycles. The molecule has 90 valence electrons. The van der Waals surface area contributed by atoms with Crippen LogP contribution in [0.1, 0.15) is 24.3 Å². The lowest BCUT2D eigenvalue weighted by Crippen LogP contribution is -2.13. The predicted octanol–water partition coefficient (Wildman–Crippen LogP) is 2.53. The van der Waals surface area contributed by atoms with Crippen LogP contribution in [-0.4, -0.2) is 12.2 Å². The second kappa shape index (κ2) is 5.50. The van der Waals surface area contributed by atoms with E-state index in [2.05, 4.69) is 23.5 Å². The molecule has 1 heterocycles. The number of para-hydroxylation sites is 1. The van der Waals surface area contributed by atoms with E-state index in [0.717, 1.165) is 17.1 Å². The minimum Gasteiger partial charge on any atom is -0.485 e. The minimum absolute atomic E-state index is 0.251. The van der Waals surface area contributed by atoms with Crippen LogP contribution >= 0.6 is 0 Å². The first-order chi connectivity index (χ1) is 8.31. The molecule has 0 fully saturated rings. The molecule has 17 heavy (non-hydrogen) atoms. The minimum atomic E-state index is 0.251. The molecule has 1 aromatic heterocycles. The Morgan fingerprint density at radius 3 is 2.88 bits per heavy atom. The van der Waals surface area contributed by atoms with E-state index < -0.39 is 0 Å². The van der Waals surface area contributed by atoms with Crippen molar-refractivity contribution in [2.24, 2.45) is 0 Å². The largest absolute Gasteiger partial charge is 0.485 e. The average molecular weight is 232 g/mol. The molecule has 1 aromatic carbocycles. The van der Waals surface area contributed by atoms with E-state index in [9.17, 15) is 0 Å². The molecule has 0 spiro atoms. The molecular formula is C13H16N2O2. The summed E-state index contributed by atoms with van der Waals surface area (Å²) in [6.45, 7) is 2.49. The first kappa shape index (κ1) is 11.7. The molecule has 0 radical (unpaired) electrons. The van der Waals surface area contributed by atoms with Crippen LogP contribution in [0.5, 0.6) is 5.75 Å². The van der Waals surface area contributed by atoms with Crippen molar-refractivity contribution in [3.63, 3.8) is 0 Å². The van der Waals surface area contributed by atoms with Gasteiger partial charge in [-0.25, -0.2) is 0 Å². The molecule has 0 aliphatic rings. The van der Waals surface area contributed by atoms with Gasteiger partial charge in [-0.3, -0.25) is 0 Å². The topological polar surface area (TPSA) is 47.3 Å². The second-order valence-electron chi connectivity index (χ2n) is 3.82. The van der Waals surface area contributed by atoms with Crippen LogP contribution in [0.2, 0.25) is 0 Å². The zero-order chi connectivity index (χ0) is 12.1. The number of rotatable bonds is 5. The van der Waals surface area contributed by atoms with Gasteiger partial charge in [-0.2, -0.15) is 0 Å². The van der Waals surface area contributed by atoms with Crippen molar-refractivity contribution in [3.05, 3.63) is 47.9 Å². The van der Waals surface area contributed by atoms with Crippen molar-refractivity contribution in [1.82, 2.24) is 10.5 Å². The summed E-state index contributed by atoms with van der Waals surface area (Å²) in [6.07, 6.45) is 1.61. The molecule has 2 aromatic rings. The van der Waals surface area contributed by atoms with Gasteiger partial charge in [-0.15, -0.1) is 0 Å². The molecule has 0 bridgehead atoms. The van der Waals surface area contributed by atoms with Crippen LogP contribution in [0, 0.1) is 0 Å². The summed E-state index contributed by atoms with van der Waals surface area (Å²) in [6, 6.07) is 10.0. The molecule has 4 nitrogen and oxygen atoms in total. The molecule has 2 rings (SSSR count). The number of hydrogen-bond donors (Lipinski definition) is 1. The van der Waals surface area contributed by atoms with E-state index in [4.69, 9.17) is 9.26 Å². The molecule has 0 aliphatic heterocycles. The predicted molar refractivity (Wildman–Crippen MR) is 64.8 cm³/mol. The molecule has 1 atom stereocenters. The Labute approximate surface area is 101 Å². The average Bonchev–Trinajstić information content (AvgIpc) is 2.89. The van der Waals surface area contributed by atoms with Gasteiger partial charge in [0.15, 0.2) is 5.76 Å². The van der Waals surface area contributed by atoms with Crippen molar-refractivity contribution in [2.45, 2.75) is 19.6 Å². The third kappa shape index (κ3) is 2.85. The van der Waals surface area contributed by atoms with Crippen molar-refractivity contribution in [2.75, 3.05) is 7.05 Å². The van der Waals surface area contributed by atoms with Crippen LogP contribution in [0.4, 0.5) is 0 Å². The summed E-state index contributed by atoms with van der Waals surface area (Å²) in [7, 11) is 1.93. The molecule has 1 N–H and O–H groups in total. The Morgan fingerprint density at radius 2 is 2.18 bits per heavy atom. The number of nitrogens with zero attached hydrogens (tertiary/aromatic N) is 1. The molecular weight excluding hydrogens is 216 g/mol. The fourth-order valence-electron chi connectivity index (χ4n) is 1.59. The van der Waals surface area contributed by atoms with Crippen molar-refractivity contribution < 1.29 is 9.26 Å². The normalized spacial score (nSPS) is 12.4. The summed E-state index contributed by atoms with van der Waals surface area (Å²) in [4.78, 5) is 0. The summed E-state index contributed by atoms with van der Waals surface area (Å²) in [5.74, 6) is 1.59. The molecule has 0 saturated carbocycles. The number of ether oxygens (including phenoxy) is 1. The van der Waals surface area contributed by atoms with Crippen LogP contribution in [0.15, 0.2) is 41.1 Å². The standard InChI is InChI=1S/C13H16N2O2/c1-10(14-2)12-5-3-4-6-13(12)16-9-11-7-8-15-17-11/h3-8,10,14H,9H2,1-2H3. The zero-order valence-electron chi connectivity index (χ0n) is 10.0. The first-order valence-electron chi connectivity index (χ1n) is 5.60. The Kier molecular flexibility index (Phi) is 3.77. The molecule has 0 amide bonds. The highest BCUT2D eigenvalue weighted by atomic mass is 16.5. The van der Waals surface area contributed by atoms with Crippen LogP contribution in [-0.2, 0) is 6.61 Å². The fourth-order valence-corrected chi connectivity index (χ4v) is 1.59. The summed E-state index contributed by atoms with van der Waals surface area (Å²) in [5, 5.41) is 6.84. The Balaban J connectivity index is 2.09. The number of nitrogens with one attached hydrogen (secondary N) is 1. The van der Waals surface area contributed by atoms with Gasteiger partial charge < -0.3 is 14.6 Å². The van der Waals surface area contributed by atoms with Crippen LogP contribution in [0.3, 0.4) is 0 Å². The lowest BCUT2D eigenvalue weighted by molar-refractivity contribution is 0.246. The first-order valence-corrected chi connectivity index (χ1v) is 5.60. The van der Waals surface area contributed by atoms with Gasteiger partial charge in [0.05, 0.1) is 6.20 Å². The molecule has 4 heteroatoms. The molecule has 1 unspecified atom stereocenters. The van der Waals surface area contributed by atoms with Gasteiger partial charge in [0, 0.05) is 17.7 Å². The van der Waals surface area contributed by atoms with Gasteiger partial charge in [0.1, 0.15) is 12.4 Å². The van der Waals surface area contributed by atoms with E-state index in [1.165, 1.54) is 0 Å². The summed E-state index contributed by atoms with van der Waals surface area (Å²) < 4.78 is 10.7. The Hall–Kier alpha value is -1.81. The van der Waals surface area contributed by atoms with E-state index >= 15 is 0 Å². The monoisotopic (exact) mass is 232 g/mol. The smallest absolute Gasteiger partial charge is 0.174 e.